The van der Waals surface area contributed by atoms with Crippen molar-refractivity contribution < 1.29 is 9.90 Å². The third kappa shape index (κ3) is 3.03. The molecule has 1 saturated carbocycles. The van der Waals surface area contributed by atoms with E-state index in [-0.39, 0.29) is 18.9 Å². The van der Waals surface area contributed by atoms with Crippen LogP contribution in [-0.2, 0) is 11.2 Å². The molecule has 2 rings (SSSR count). The number of halogens is 1. The summed E-state index contributed by atoms with van der Waals surface area (Å²) in [6.07, 6.45) is 2.40. The fourth-order valence-electron chi connectivity index (χ4n) is 2.17. The normalized spacial score (nSPS) is 18.2. The van der Waals surface area contributed by atoms with Crippen molar-refractivity contribution in [3.8, 4) is 0 Å². The Labute approximate surface area is 112 Å². The van der Waals surface area contributed by atoms with E-state index in [9.17, 15) is 9.90 Å². The molecule has 0 aliphatic heterocycles. The third-order valence-corrected chi connectivity index (χ3v) is 3.91. The molecule has 1 aromatic rings. The van der Waals surface area contributed by atoms with Crippen molar-refractivity contribution in [1.29, 1.82) is 0 Å². The first kappa shape index (κ1) is 13.4. The van der Waals surface area contributed by atoms with Crippen LogP contribution in [0, 0.1) is 5.92 Å². The van der Waals surface area contributed by atoms with Crippen LogP contribution in [0.3, 0.4) is 0 Å². The summed E-state index contributed by atoms with van der Waals surface area (Å²) in [4.78, 5) is 12.0. The van der Waals surface area contributed by atoms with Gasteiger partial charge in [0.2, 0.25) is 5.91 Å². The van der Waals surface area contributed by atoms with Gasteiger partial charge in [0.05, 0.1) is 18.6 Å². The van der Waals surface area contributed by atoms with Crippen LogP contribution in [0.2, 0.25) is 5.02 Å². The van der Waals surface area contributed by atoms with Gasteiger partial charge in [-0.05, 0) is 37.3 Å². The second kappa shape index (κ2) is 5.29. The molecule has 1 aliphatic rings. The van der Waals surface area contributed by atoms with E-state index in [0.29, 0.717) is 10.9 Å². The molecule has 1 amide bonds. The lowest BCUT2D eigenvalue weighted by atomic mass is 9.96. The zero-order valence-electron chi connectivity index (χ0n) is 10.4. The minimum atomic E-state index is -0.488. The van der Waals surface area contributed by atoms with E-state index in [1.807, 2.05) is 25.1 Å². The summed E-state index contributed by atoms with van der Waals surface area (Å²) in [5.41, 5.74) is 0.325. The van der Waals surface area contributed by atoms with Gasteiger partial charge in [0, 0.05) is 5.02 Å². The molecule has 18 heavy (non-hydrogen) atoms. The molecule has 1 atom stereocenters. The van der Waals surface area contributed by atoms with Gasteiger partial charge in [-0.3, -0.25) is 4.79 Å². The smallest absolute Gasteiger partial charge is 0.224 e. The van der Waals surface area contributed by atoms with Crippen LogP contribution in [-0.4, -0.2) is 23.2 Å². The fraction of sp³-hybridized carbons (Fsp3) is 0.500. The average molecular weight is 268 g/mol. The van der Waals surface area contributed by atoms with Crippen molar-refractivity contribution in [2.24, 2.45) is 5.92 Å². The molecule has 0 heterocycles. The highest BCUT2D eigenvalue weighted by atomic mass is 35.5. The molecule has 0 spiro atoms. The first-order valence-electron chi connectivity index (χ1n) is 6.20. The number of hydrogen-bond acceptors (Lipinski definition) is 2. The van der Waals surface area contributed by atoms with Gasteiger partial charge in [-0.1, -0.05) is 29.8 Å². The van der Waals surface area contributed by atoms with Crippen molar-refractivity contribution in [3.05, 3.63) is 34.9 Å². The fourth-order valence-corrected chi connectivity index (χ4v) is 2.37. The number of carbonyl (C=O) groups is 1. The Hall–Kier alpha value is -1.06. The van der Waals surface area contributed by atoms with Crippen molar-refractivity contribution in [1.82, 2.24) is 5.32 Å². The van der Waals surface area contributed by atoms with Gasteiger partial charge in [-0.25, -0.2) is 0 Å². The van der Waals surface area contributed by atoms with E-state index in [2.05, 4.69) is 5.32 Å². The summed E-state index contributed by atoms with van der Waals surface area (Å²) in [7, 11) is 0. The Bertz CT molecular complexity index is 445. The summed E-state index contributed by atoms with van der Waals surface area (Å²) in [6.45, 7) is 1.88. The first-order valence-corrected chi connectivity index (χ1v) is 6.58. The van der Waals surface area contributed by atoms with E-state index in [4.69, 9.17) is 11.6 Å². The van der Waals surface area contributed by atoms with Crippen LogP contribution in [0.1, 0.15) is 25.3 Å². The number of rotatable bonds is 5. The van der Waals surface area contributed by atoms with Gasteiger partial charge in [-0.2, -0.15) is 0 Å². The van der Waals surface area contributed by atoms with E-state index < -0.39 is 5.54 Å². The second-order valence-corrected chi connectivity index (χ2v) is 5.57. The van der Waals surface area contributed by atoms with Crippen LogP contribution in [0.5, 0.6) is 0 Å². The largest absolute Gasteiger partial charge is 0.394 e. The summed E-state index contributed by atoms with van der Waals surface area (Å²) >= 11 is 6.02. The van der Waals surface area contributed by atoms with Gasteiger partial charge in [0.1, 0.15) is 0 Å². The molecule has 3 nitrogen and oxygen atoms in total. The van der Waals surface area contributed by atoms with Crippen molar-refractivity contribution in [2.75, 3.05) is 6.61 Å². The minimum absolute atomic E-state index is 0.0219. The Kier molecular flexibility index (Phi) is 3.93. The number of nitrogens with one attached hydrogen (secondary N) is 1. The molecular formula is C14H18ClNO2. The zero-order chi connectivity index (χ0) is 13.2. The maximum atomic E-state index is 12.0. The maximum absolute atomic E-state index is 12.0. The van der Waals surface area contributed by atoms with Gasteiger partial charge >= 0.3 is 0 Å². The lowest BCUT2D eigenvalue weighted by Crippen LogP contribution is -2.51. The van der Waals surface area contributed by atoms with Crippen molar-refractivity contribution in [3.63, 3.8) is 0 Å². The third-order valence-electron chi connectivity index (χ3n) is 3.54. The van der Waals surface area contributed by atoms with Crippen molar-refractivity contribution in [2.45, 2.75) is 31.7 Å². The van der Waals surface area contributed by atoms with Crippen LogP contribution in [0.4, 0.5) is 0 Å². The zero-order valence-corrected chi connectivity index (χ0v) is 11.2. The minimum Gasteiger partial charge on any atom is -0.394 e. The van der Waals surface area contributed by atoms with Gasteiger partial charge in [0.25, 0.3) is 0 Å². The molecule has 1 aliphatic carbocycles. The quantitative estimate of drug-likeness (QED) is 0.859. The number of hydrogen-bond donors (Lipinski definition) is 2. The van der Waals surface area contributed by atoms with Gasteiger partial charge < -0.3 is 10.4 Å². The first-order chi connectivity index (χ1) is 8.55. The Morgan fingerprint density at radius 1 is 1.50 bits per heavy atom. The van der Waals surface area contributed by atoms with E-state index >= 15 is 0 Å². The van der Waals surface area contributed by atoms with Crippen LogP contribution >= 0.6 is 11.6 Å². The SMILES string of the molecule is CC(CO)(NC(=O)Cc1ccccc1Cl)C1CC1. The van der Waals surface area contributed by atoms with E-state index in [1.165, 1.54) is 0 Å². The Balaban J connectivity index is 1.98. The van der Waals surface area contributed by atoms with E-state index in [0.717, 1.165) is 18.4 Å². The molecule has 0 radical (unpaired) electrons. The molecular weight excluding hydrogens is 250 g/mol. The Morgan fingerprint density at radius 2 is 2.17 bits per heavy atom. The van der Waals surface area contributed by atoms with E-state index in [1.54, 1.807) is 6.07 Å². The second-order valence-electron chi connectivity index (χ2n) is 5.17. The predicted octanol–water partition coefficient (Wildman–Crippen LogP) is 2.16. The predicted molar refractivity (Wildman–Crippen MR) is 71.5 cm³/mol. The highest BCUT2D eigenvalue weighted by Gasteiger charge is 2.42. The molecule has 4 heteroatoms. The topological polar surface area (TPSA) is 49.3 Å². The van der Waals surface area contributed by atoms with Crippen molar-refractivity contribution >= 4 is 17.5 Å². The monoisotopic (exact) mass is 267 g/mol. The molecule has 98 valence electrons. The Morgan fingerprint density at radius 3 is 2.72 bits per heavy atom. The lowest BCUT2D eigenvalue weighted by Gasteiger charge is -2.28. The molecule has 0 saturated heterocycles. The number of amides is 1. The summed E-state index contributed by atoms with van der Waals surface area (Å²) < 4.78 is 0. The molecule has 1 aromatic carbocycles. The standard InChI is InChI=1S/C14H18ClNO2/c1-14(9-17,11-6-7-11)16-13(18)8-10-4-2-3-5-12(10)15/h2-5,11,17H,6-9H2,1H3,(H,16,18). The highest BCUT2D eigenvalue weighted by molar-refractivity contribution is 6.31. The maximum Gasteiger partial charge on any atom is 0.224 e. The summed E-state index contributed by atoms with van der Waals surface area (Å²) in [5, 5.41) is 13.0. The van der Waals surface area contributed by atoms with Crippen LogP contribution in [0.15, 0.2) is 24.3 Å². The van der Waals surface area contributed by atoms with Crippen LogP contribution in [0.25, 0.3) is 0 Å². The van der Waals surface area contributed by atoms with Gasteiger partial charge in [0.15, 0.2) is 0 Å². The highest BCUT2D eigenvalue weighted by Crippen LogP contribution is 2.39. The number of aliphatic hydroxyl groups excluding tert-OH is 1. The molecule has 0 bridgehead atoms. The lowest BCUT2D eigenvalue weighted by molar-refractivity contribution is -0.123. The number of carbonyl (C=O) groups excluding carboxylic acids is 1. The van der Waals surface area contributed by atoms with Gasteiger partial charge in [-0.15, -0.1) is 0 Å². The molecule has 2 N–H and O–H groups in total. The number of aliphatic hydroxyl groups is 1. The average Bonchev–Trinajstić information content (AvgIpc) is 3.16. The molecule has 0 aromatic heterocycles. The number of benzene rings is 1. The molecule has 1 unspecified atom stereocenters. The molecule has 1 fully saturated rings. The summed E-state index contributed by atoms with van der Waals surface area (Å²) in [6, 6.07) is 7.32. The van der Waals surface area contributed by atoms with Crippen LogP contribution < -0.4 is 5.32 Å². The summed E-state index contributed by atoms with van der Waals surface area (Å²) in [5.74, 6) is 0.309.